The number of carbonyl (C=O) groups excluding carboxylic acids is 4. The number of halogens is 1. The molecule has 0 unspecified atom stereocenters. The molecule has 0 aliphatic carbocycles. The monoisotopic (exact) mass is 711 g/mol. The van der Waals surface area contributed by atoms with E-state index in [2.05, 4.69) is 46.4 Å². The standard InChI is InChI=1S/C30H22ClN11O8.2Li/c1-49-23-11-17(30(47)48)22(34-27(43)19-2-4-25(36-35-19)41-8-7-32-14-41)13-24(23)50-9-6-15-10-16(29(45)46)21(12-18(15)31)33-28(44)20-3-5-26-37-39-40-42(26)38-20;;/h2-5,7-8,10-14H,6,9H2,1H3,(H,33,44)(H,34,43)(H,45,46)(H,47,48);;/q;2*+1/p-2. The second kappa shape index (κ2) is 16.9. The topological polar surface area (TPSA) is 256 Å². The molecule has 2 amide bonds. The molecule has 52 heavy (non-hydrogen) atoms. The van der Waals surface area contributed by atoms with Gasteiger partial charge in [-0.2, -0.15) is 0 Å². The van der Waals surface area contributed by atoms with Crippen molar-refractivity contribution in [2.75, 3.05) is 24.4 Å². The first-order valence-electron chi connectivity index (χ1n) is 14.2. The fourth-order valence-corrected chi connectivity index (χ4v) is 4.84. The Morgan fingerprint density at radius 2 is 1.54 bits per heavy atom. The van der Waals surface area contributed by atoms with E-state index in [1.807, 2.05) is 0 Å². The van der Waals surface area contributed by atoms with E-state index in [0.29, 0.717) is 17.0 Å². The van der Waals surface area contributed by atoms with Crippen LogP contribution in [0.1, 0.15) is 47.3 Å². The van der Waals surface area contributed by atoms with Crippen LogP contribution in [0.3, 0.4) is 0 Å². The summed E-state index contributed by atoms with van der Waals surface area (Å²) in [5.74, 6) is -4.30. The number of imidazole rings is 1. The Morgan fingerprint density at radius 3 is 2.19 bits per heavy atom. The third-order valence-corrected chi connectivity index (χ3v) is 7.36. The van der Waals surface area contributed by atoms with Crippen molar-refractivity contribution in [3.05, 3.63) is 100 Å². The van der Waals surface area contributed by atoms with Crippen molar-refractivity contribution in [2.45, 2.75) is 6.42 Å². The fraction of sp³-hybridized carbons (Fsp3) is 0.100. The number of aromatic carboxylic acids is 2. The number of tetrazole rings is 1. The van der Waals surface area contributed by atoms with Crippen molar-refractivity contribution >= 4 is 52.4 Å². The third-order valence-electron chi connectivity index (χ3n) is 7.01. The Labute approximate surface area is 321 Å². The van der Waals surface area contributed by atoms with E-state index in [-0.39, 0.29) is 95.6 Å². The maximum atomic E-state index is 13.0. The molecule has 0 spiro atoms. The Balaban J connectivity index is 0.00000302. The maximum absolute atomic E-state index is 13.0. The molecular formula is C30H20ClLi2N11O8. The normalized spacial score (nSPS) is 10.4. The number of ether oxygens (including phenoxy) is 2. The molecule has 252 valence electrons. The third kappa shape index (κ3) is 8.54. The first kappa shape index (κ1) is 39.0. The second-order valence-corrected chi connectivity index (χ2v) is 10.5. The van der Waals surface area contributed by atoms with E-state index in [4.69, 9.17) is 21.1 Å². The van der Waals surface area contributed by atoms with Crippen LogP contribution in [0.2, 0.25) is 5.02 Å². The van der Waals surface area contributed by atoms with Crippen LogP contribution in [-0.4, -0.2) is 82.5 Å². The van der Waals surface area contributed by atoms with E-state index >= 15 is 0 Å². The Hall–Kier alpha value is -5.83. The van der Waals surface area contributed by atoms with Crippen LogP contribution in [0.4, 0.5) is 11.4 Å². The summed E-state index contributed by atoms with van der Waals surface area (Å²) in [6, 6.07) is 10.5. The van der Waals surface area contributed by atoms with Crippen molar-refractivity contribution in [3.8, 4) is 17.3 Å². The molecule has 22 heteroatoms. The van der Waals surface area contributed by atoms with Crippen LogP contribution in [0.5, 0.6) is 11.5 Å². The van der Waals surface area contributed by atoms with Gasteiger partial charge in [0.25, 0.3) is 11.8 Å². The zero-order valence-electron chi connectivity index (χ0n) is 27.4. The molecule has 0 bridgehead atoms. The van der Waals surface area contributed by atoms with Gasteiger partial charge < -0.3 is 39.9 Å². The van der Waals surface area contributed by atoms with E-state index in [9.17, 15) is 29.4 Å². The summed E-state index contributed by atoms with van der Waals surface area (Å²) in [5, 5.41) is 51.6. The number of carboxylic acids is 2. The number of methoxy groups -OCH3 is 1. The van der Waals surface area contributed by atoms with Gasteiger partial charge in [-0.15, -0.1) is 25.0 Å². The van der Waals surface area contributed by atoms with E-state index < -0.39 is 29.3 Å². The summed E-state index contributed by atoms with van der Waals surface area (Å²) in [5.41, 5.74) is -0.716. The molecule has 0 saturated heterocycles. The quantitative estimate of drug-likeness (QED) is 0.112. The van der Waals surface area contributed by atoms with Gasteiger partial charge in [0, 0.05) is 41.0 Å². The van der Waals surface area contributed by atoms with Gasteiger partial charge in [-0.1, -0.05) is 11.6 Å². The smallest absolute Gasteiger partial charge is 0.545 e. The maximum Gasteiger partial charge on any atom is 1.00 e. The molecule has 6 rings (SSSR count). The molecule has 0 saturated carbocycles. The van der Waals surface area contributed by atoms with Crippen LogP contribution >= 0.6 is 11.6 Å². The average Bonchev–Trinajstić information content (AvgIpc) is 3.82. The van der Waals surface area contributed by atoms with Crippen molar-refractivity contribution in [1.29, 1.82) is 0 Å². The molecule has 19 nitrogen and oxygen atoms in total. The van der Waals surface area contributed by atoms with Crippen LogP contribution in [-0.2, 0) is 6.42 Å². The van der Waals surface area contributed by atoms with Crippen LogP contribution in [0.25, 0.3) is 11.5 Å². The second-order valence-electron chi connectivity index (χ2n) is 10.1. The number of hydrogen-bond acceptors (Lipinski definition) is 15. The molecular weight excluding hydrogens is 692 g/mol. The summed E-state index contributed by atoms with van der Waals surface area (Å²) in [4.78, 5) is 53.6. The first-order chi connectivity index (χ1) is 24.1. The average molecular weight is 712 g/mol. The number of aromatic nitrogens is 9. The number of nitrogens with one attached hydrogen (secondary N) is 2. The molecule has 2 N–H and O–H groups in total. The molecule has 0 aliphatic rings. The number of anilines is 2. The number of carbonyl (C=O) groups is 4. The predicted molar refractivity (Wildman–Crippen MR) is 166 cm³/mol. The molecule has 0 atom stereocenters. The molecule has 0 radical (unpaired) electrons. The van der Waals surface area contributed by atoms with Gasteiger partial charge in [0.15, 0.2) is 34.4 Å². The van der Waals surface area contributed by atoms with E-state index in [0.717, 1.165) is 10.7 Å². The summed E-state index contributed by atoms with van der Waals surface area (Å²) >= 11 is 6.45. The molecule has 0 aliphatic heterocycles. The predicted octanol–water partition coefficient (Wildman–Crippen LogP) is -5.98. The number of amides is 2. The van der Waals surface area contributed by atoms with E-state index in [1.54, 1.807) is 17.0 Å². The minimum atomic E-state index is -1.60. The van der Waals surface area contributed by atoms with Crippen LogP contribution in [0, 0.1) is 0 Å². The first-order valence-corrected chi connectivity index (χ1v) is 14.6. The zero-order chi connectivity index (χ0) is 35.4. The molecule has 2 aromatic carbocycles. The molecule has 6 aromatic rings. The fourth-order valence-electron chi connectivity index (χ4n) is 4.58. The number of benzene rings is 2. The Morgan fingerprint density at radius 1 is 0.846 bits per heavy atom. The van der Waals surface area contributed by atoms with Gasteiger partial charge in [0.1, 0.15) is 6.33 Å². The Kier molecular flexibility index (Phi) is 12.7. The zero-order valence-corrected chi connectivity index (χ0v) is 28.2. The number of rotatable bonds is 12. The van der Waals surface area contributed by atoms with Crippen molar-refractivity contribution < 1.29 is 76.6 Å². The van der Waals surface area contributed by atoms with Crippen LogP contribution < -0.4 is 68.0 Å². The van der Waals surface area contributed by atoms with Gasteiger partial charge in [-0.3, -0.25) is 14.2 Å². The van der Waals surface area contributed by atoms with Gasteiger partial charge in [-0.25, -0.2) is 4.98 Å². The van der Waals surface area contributed by atoms with E-state index in [1.165, 1.54) is 55.9 Å². The van der Waals surface area contributed by atoms with Gasteiger partial charge in [0.2, 0.25) is 0 Å². The summed E-state index contributed by atoms with van der Waals surface area (Å²) in [6.45, 7) is -0.122. The minimum absolute atomic E-state index is 0. The Bertz CT molecular complexity index is 2270. The number of hydrogen-bond donors (Lipinski definition) is 2. The number of carboxylic acid groups (broad SMARTS) is 2. The SMILES string of the molecule is COc1cc(C(=O)[O-])c(NC(=O)c2ccc(-n3ccnc3)nn2)cc1OCCc1cc(C(=O)[O-])c(NC(=O)c2ccc3nnnn3n2)cc1Cl.[Li+].[Li+]. The largest absolute Gasteiger partial charge is 1.00 e. The molecule has 4 heterocycles. The summed E-state index contributed by atoms with van der Waals surface area (Å²) < 4.78 is 13.7. The minimum Gasteiger partial charge on any atom is -0.545 e. The van der Waals surface area contributed by atoms with Crippen LogP contribution in [0.15, 0.2) is 67.3 Å². The van der Waals surface area contributed by atoms with Gasteiger partial charge >= 0.3 is 37.7 Å². The van der Waals surface area contributed by atoms with Gasteiger partial charge in [-0.05, 0) is 58.5 Å². The van der Waals surface area contributed by atoms with Crippen molar-refractivity contribution in [1.82, 2.24) is 45.0 Å². The van der Waals surface area contributed by atoms with Gasteiger partial charge in [0.05, 0.1) is 37.0 Å². The van der Waals surface area contributed by atoms with Crippen molar-refractivity contribution in [2.24, 2.45) is 0 Å². The summed E-state index contributed by atoms with van der Waals surface area (Å²) in [7, 11) is 1.28. The number of fused-ring (bicyclic) bond motifs is 1. The molecule has 4 aromatic heterocycles. The number of nitrogens with zero attached hydrogens (tertiary/aromatic N) is 9. The molecule has 0 fully saturated rings. The van der Waals surface area contributed by atoms with Crippen molar-refractivity contribution in [3.63, 3.8) is 0 Å². The summed E-state index contributed by atoms with van der Waals surface area (Å²) in [6.07, 6.45) is 4.72.